The Morgan fingerprint density at radius 1 is 1.24 bits per heavy atom. The summed E-state index contributed by atoms with van der Waals surface area (Å²) in [6.07, 6.45) is 5.16. The summed E-state index contributed by atoms with van der Waals surface area (Å²) in [6.45, 7) is 0. The van der Waals surface area contributed by atoms with Crippen LogP contribution in [0.4, 0.5) is 10.5 Å². The number of hydrogen-bond donors (Lipinski definition) is 2. The van der Waals surface area contributed by atoms with Gasteiger partial charge in [0, 0.05) is 21.6 Å². The van der Waals surface area contributed by atoms with E-state index >= 15 is 0 Å². The fraction of sp³-hybridized carbons (Fsp3) is 0.500. The van der Waals surface area contributed by atoms with Crippen molar-refractivity contribution in [2.45, 2.75) is 43.0 Å². The molecule has 0 bridgehead atoms. The zero-order valence-corrected chi connectivity index (χ0v) is 12.9. The van der Waals surface area contributed by atoms with Crippen LogP contribution in [0.2, 0.25) is 0 Å². The molecule has 1 fully saturated rings. The van der Waals surface area contributed by atoms with Gasteiger partial charge in [-0.25, -0.2) is 13.2 Å². The zero-order chi connectivity index (χ0) is 15.5. The Morgan fingerprint density at radius 2 is 1.81 bits per heavy atom. The van der Waals surface area contributed by atoms with Crippen LogP contribution in [-0.2, 0) is 10.0 Å². The van der Waals surface area contributed by atoms with Gasteiger partial charge in [-0.1, -0.05) is 19.3 Å². The summed E-state index contributed by atoms with van der Waals surface area (Å²) < 4.78 is 26.6. The van der Waals surface area contributed by atoms with Crippen molar-refractivity contribution in [2.75, 3.05) is 12.4 Å². The van der Waals surface area contributed by atoms with Gasteiger partial charge in [0.1, 0.15) is 0 Å². The molecule has 0 saturated heterocycles. The molecular weight excluding hydrogens is 290 g/mol. The first-order chi connectivity index (χ1) is 9.91. The van der Waals surface area contributed by atoms with Crippen LogP contribution in [0.15, 0.2) is 29.2 Å². The molecule has 1 aromatic rings. The van der Waals surface area contributed by atoms with E-state index in [9.17, 15) is 13.2 Å². The van der Waals surface area contributed by atoms with Crippen LogP contribution in [0.25, 0.3) is 0 Å². The summed E-state index contributed by atoms with van der Waals surface area (Å²) in [5, 5.41) is 2.41. The van der Waals surface area contributed by atoms with Crippen LogP contribution in [-0.4, -0.2) is 31.8 Å². The molecule has 0 heterocycles. The maximum Gasteiger partial charge on any atom is 0.316 e. The summed E-state index contributed by atoms with van der Waals surface area (Å²) in [5.74, 6) is 0. The van der Waals surface area contributed by atoms with Crippen LogP contribution in [0, 0.1) is 0 Å². The van der Waals surface area contributed by atoms with Crippen LogP contribution in [0.1, 0.15) is 35.0 Å². The number of urea groups is 1. The number of nitrogens with one attached hydrogen (secondary N) is 1. The standard InChI is InChI=1S/C14H21N3O3S.2H2/c1-17(12-5-3-2-4-6-12)21(19,20)13-9-7-11(8-10-13)16-14(15)18;;/h7-10,12H,2-6H2,1H3,(H3,15,16,18);2*1H. The Balaban J connectivity index is 0.00000242. The number of nitrogens with two attached hydrogens (primary N) is 1. The lowest BCUT2D eigenvalue weighted by molar-refractivity contribution is 0.259. The lowest BCUT2D eigenvalue weighted by atomic mass is 9.96. The molecule has 2 amide bonds. The lowest BCUT2D eigenvalue weighted by Crippen LogP contribution is -2.38. The van der Waals surface area contributed by atoms with Gasteiger partial charge < -0.3 is 11.1 Å². The number of amides is 2. The van der Waals surface area contributed by atoms with E-state index in [1.54, 1.807) is 7.05 Å². The Hall–Kier alpha value is -1.60. The highest BCUT2D eigenvalue weighted by molar-refractivity contribution is 7.89. The van der Waals surface area contributed by atoms with Gasteiger partial charge in [0.05, 0.1) is 4.90 Å². The normalized spacial score (nSPS) is 16.9. The van der Waals surface area contributed by atoms with Crippen LogP contribution >= 0.6 is 0 Å². The van der Waals surface area contributed by atoms with Crippen molar-refractivity contribution in [3.8, 4) is 0 Å². The van der Waals surface area contributed by atoms with Crippen LogP contribution in [0.3, 0.4) is 0 Å². The van der Waals surface area contributed by atoms with Gasteiger partial charge in [0.15, 0.2) is 0 Å². The minimum Gasteiger partial charge on any atom is -0.351 e. The molecule has 2 rings (SSSR count). The molecule has 0 aromatic heterocycles. The van der Waals surface area contributed by atoms with E-state index in [1.807, 2.05) is 0 Å². The van der Waals surface area contributed by atoms with E-state index < -0.39 is 16.1 Å². The van der Waals surface area contributed by atoms with Crippen molar-refractivity contribution in [3.05, 3.63) is 24.3 Å². The molecule has 21 heavy (non-hydrogen) atoms. The lowest BCUT2D eigenvalue weighted by Gasteiger charge is -2.30. The molecule has 1 aromatic carbocycles. The largest absolute Gasteiger partial charge is 0.351 e. The molecule has 3 N–H and O–H groups in total. The monoisotopic (exact) mass is 315 g/mol. The smallest absolute Gasteiger partial charge is 0.316 e. The highest BCUT2D eigenvalue weighted by Gasteiger charge is 2.28. The third-order valence-corrected chi connectivity index (χ3v) is 5.81. The van der Waals surface area contributed by atoms with Crippen molar-refractivity contribution < 1.29 is 16.1 Å². The molecule has 0 spiro atoms. The third kappa shape index (κ3) is 3.74. The maximum atomic E-state index is 12.6. The van der Waals surface area contributed by atoms with Gasteiger partial charge in [-0.05, 0) is 37.1 Å². The number of nitrogens with zero attached hydrogens (tertiary/aromatic N) is 1. The van der Waals surface area contributed by atoms with Gasteiger partial charge in [0.25, 0.3) is 0 Å². The summed E-state index contributed by atoms with van der Waals surface area (Å²) in [4.78, 5) is 11.0. The average molecular weight is 315 g/mol. The number of carbonyl (C=O) groups excluding carboxylic acids is 1. The van der Waals surface area contributed by atoms with E-state index in [4.69, 9.17) is 5.73 Å². The number of carbonyl (C=O) groups is 1. The second-order valence-corrected chi connectivity index (χ2v) is 7.32. The quantitative estimate of drug-likeness (QED) is 0.894. The van der Waals surface area contributed by atoms with Gasteiger partial charge in [-0.3, -0.25) is 0 Å². The van der Waals surface area contributed by atoms with E-state index in [0.29, 0.717) is 5.69 Å². The summed E-state index contributed by atoms with van der Waals surface area (Å²) in [5.41, 5.74) is 5.49. The molecule has 1 aliphatic carbocycles. The number of rotatable bonds is 4. The van der Waals surface area contributed by atoms with Crippen LogP contribution < -0.4 is 11.1 Å². The predicted octanol–water partition coefficient (Wildman–Crippen LogP) is 2.62. The van der Waals surface area contributed by atoms with E-state index in [1.165, 1.54) is 35.0 Å². The van der Waals surface area contributed by atoms with Gasteiger partial charge in [0.2, 0.25) is 10.0 Å². The van der Waals surface area contributed by atoms with E-state index in [-0.39, 0.29) is 13.8 Å². The topological polar surface area (TPSA) is 92.5 Å². The van der Waals surface area contributed by atoms with Crippen molar-refractivity contribution in [1.29, 1.82) is 0 Å². The van der Waals surface area contributed by atoms with Crippen molar-refractivity contribution in [1.82, 2.24) is 4.31 Å². The van der Waals surface area contributed by atoms with Crippen LogP contribution in [0.5, 0.6) is 0 Å². The minimum atomic E-state index is -3.49. The first-order valence-corrected chi connectivity index (χ1v) is 8.50. The average Bonchev–Trinajstić information content (AvgIpc) is 2.47. The van der Waals surface area contributed by atoms with E-state index in [2.05, 4.69) is 5.32 Å². The van der Waals surface area contributed by atoms with E-state index in [0.717, 1.165) is 25.7 Å². The first kappa shape index (κ1) is 15.8. The molecule has 0 unspecified atom stereocenters. The number of benzene rings is 1. The predicted molar refractivity (Wildman–Crippen MR) is 85.7 cm³/mol. The third-order valence-electron chi connectivity index (χ3n) is 3.89. The molecule has 1 aliphatic rings. The number of anilines is 1. The zero-order valence-electron chi connectivity index (χ0n) is 12.1. The first-order valence-electron chi connectivity index (χ1n) is 7.06. The number of sulfonamides is 1. The molecule has 120 valence electrons. The second kappa shape index (κ2) is 6.44. The minimum absolute atomic E-state index is 0. The number of hydrogen-bond acceptors (Lipinski definition) is 3. The fourth-order valence-electron chi connectivity index (χ4n) is 2.66. The molecule has 0 aliphatic heterocycles. The number of primary amides is 1. The fourth-order valence-corrected chi connectivity index (χ4v) is 4.08. The Labute approximate surface area is 128 Å². The summed E-state index contributed by atoms with van der Waals surface area (Å²) >= 11 is 0. The summed E-state index contributed by atoms with van der Waals surface area (Å²) in [7, 11) is -1.85. The van der Waals surface area contributed by atoms with Crippen molar-refractivity contribution in [3.63, 3.8) is 0 Å². The summed E-state index contributed by atoms with van der Waals surface area (Å²) in [6, 6.07) is 5.44. The van der Waals surface area contributed by atoms with Gasteiger partial charge >= 0.3 is 6.03 Å². The molecule has 7 heteroatoms. The van der Waals surface area contributed by atoms with Gasteiger partial charge in [-0.15, -0.1) is 0 Å². The van der Waals surface area contributed by atoms with Gasteiger partial charge in [-0.2, -0.15) is 4.31 Å². The van der Waals surface area contributed by atoms with Crippen molar-refractivity contribution >= 4 is 21.7 Å². The Kier molecular flexibility index (Phi) is 4.84. The molecule has 1 saturated carbocycles. The Bertz CT molecular complexity index is 602. The molecule has 0 radical (unpaired) electrons. The molecule has 6 nitrogen and oxygen atoms in total. The highest BCUT2D eigenvalue weighted by Crippen LogP contribution is 2.26. The molecule has 0 atom stereocenters. The Morgan fingerprint density at radius 3 is 2.33 bits per heavy atom. The SMILES string of the molecule is CN(C1CCCCC1)S(=O)(=O)c1ccc(NC(N)=O)cc1.[HH].[HH]. The maximum absolute atomic E-state index is 12.6. The molecular formula is C14H25N3O3S. The second-order valence-electron chi connectivity index (χ2n) is 5.33. The van der Waals surface area contributed by atoms with Crippen molar-refractivity contribution in [2.24, 2.45) is 5.73 Å². The highest BCUT2D eigenvalue weighted by atomic mass is 32.2.